The number of amides is 1. The summed E-state index contributed by atoms with van der Waals surface area (Å²) in [4.78, 5) is 12.2. The second kappa shape index (κ2) is 7.66. The van der Waals surface area contributed by atoms with Crippen molar-refractivity contribution in [2.45, 2.75) is 70.6 Å². The van der Waals surface area contributed by atoms with Gasteiger partial charge in [0.05, 0.1) is 6.10 Å². The largest absolute Gasteiger partial charge is 0.391 e. The topological polar surface area (TPSA) is 61.4 Å². The third kappa shape index (κ3) is 6.25. The maximum Gasteiger partial charge on any atom is 0.220 e. The third-order valence-corrected chi connectivity index (χ3v) is 4.60. The third-order valence-electron chi connectivity index (χ3n) is 4.60. The summed E-state index contributed by atoms with van der Waals surface area (Å²) in [6, 6.07) is 9.86. The summed E-state index contributed by atoms with van der Waals surface area (Å²) >= 11 is 0. The smallest absolute Gasteiger partial charge is 0.220 e. The quantitative estimate of drug-likeness (QED) is 0.750. The van der Waals surface area contributed by atoms with E-state index in [1.54, 1.807) is 0 Å². The number of aliphatic hydroxyl groups is 1. The Morgan fingerprint density at radius 1 is 1.21 bits per heavy atom. The highest BCUT2D eigenvalue weighted by Crippen LogP contribution is 2.34. The van der Waals surface area contributed by atoms with Gasteiger partial charge in [0.25, 0.3) is 0 Å². The van der Waals surface area contributed by atoms with Crippen LogP contribution in [0.2, 0.25) is 0 Å². The van der Waals surface area contributed by atoms with E-state index in [-0.39, 0.29) is 17.0 Å². The molecule has 1 fully saturated rings. The molecule has 0 saturated carbocycles. The number of carbonyl (C=O) groups excluding carboxylic acids is 1. The molecule has 0 spiro atoms. The van der Waals surface area contributed by atoms with Crippen LogP contribution in [0, 0.1) is 5.92 Å². The van der Waals surface area contributed by atoms with Crippen LogP contribution >= 0.6 is 0 Å². The lowest BCUT2D eigenvalue weighted by atomic mass is 9.74. The molecule has 4 nitrogen and oxygen atoms in total. The summed E-state index contributed by atoms with van der Waals surface area (Å²) in [7, 11) is 0. The van der Waals surface area contributed by atoms with E-state index in [1.165, 1.54) is 0 Å². The molecular weight excluding hydrogens is 300 g/mol. The molecular formula is C20H32N2O2. The number of carbonyl (C=O) groups is 1. The standard InChI is InChI=1S/C20H32N2O2/c1-19(2)12-16(13-20(3,4)22-19)11-18(24)21-14-17(23)10-15-8-6-5-7-9-15/h5-9,16-17,22-23H,10-14H2,1-4H3,(H,21,24)/t17-/m1/s1. The van der Waals surface area contributed by atoms with E-state index >= 15 is 0 Å². The summed E-state index contributed by atoms with van der Waals surface area (Å²) < 4.78 is 0. The molecule has 24 heavy (non-hydrogen) atoms. The Hall–Kier alpha value is -1.39. The molecule has 4 heteroatoms. The fourth-order valence-corrected chi connectivity index (χ4v) is 4.20. The molecule has 134 valence electrons. The molecule has 1 atom stereocenters. The number of rotatable bonds is 6. The first-order chi connectivity index (χ1) is 11.2. The minimum absolute atomic E-state index is 0.0422. The summed E-state index contributed by atoms with van der Waals surface area (Å²) in [5.74, 6) is 0.420. The normalized spacial score (nSPS) is 21.2. The highest BCUT2D eigenvalue weighted by atomic mass is 16.3. The highest BCUT2D eigenvalue weighted by molar-refractivity contribution is 5.76. The summed E-state index contributed by atoms with van der Waals surface area (Å²) in [6.07, 6.45) is 2.55. The molecule has 1 aromatic carbocycles. The Labute approximate surface area is 146 Å². The van der Waals surface area contributed by atoms with Crippen molar-refractivity contribution in [3.05, 3.63) is 35.9 Å². The van der Waals surface area contributed by atoms with Gasteiger partial charge in [-0.3, -0.25) is 4.79 Å². The van der Waals surface area contributed by atoms with Gasteiger partial charge in [-0.05, 0) is 52.0 Å². The van der Waals surface area contributed by atoms with Crippen molar-refractivity contribution in [1.29, 1.82) is 0 Å². The Kier molecular flexibility index (Phi) is 6.05. The molecule has 1 heterocycles. The van der Waals surface area contributed by atoms with Crippen LogP contribution in [0.25, 0.3) is 0 Å². The summed E-state index contributed by atoms with van der Waals surface area (Å²) in [6.45, 7) is 9.10. The Balaban J connectivity index is 1.76. The first kappa shape index (κ1) is 18.9. The molecule has 1 aromatic rings. The van der Waals surface area contributed by atoms with Gasteiger partial charge in [0.15, 0.2) is 0 Å². The van der Waals surface area contributed by atoms with Gasteiger partial charge in [-0.2, -0.15) is 0 Å². The molecule has 0 aliphatic carbocycles. The van der Waals surface area contributed by atoms with E-state index in [1.807, 2.05) is 30.3 Å². The van der Waals surface area contributed by atoms with Crippen LogP contribution in [0.1, 0.15) is 52.5 Å². The van der Waals surface area contributed by atoms with Crippen LogP contribution < -0.4 is 10.6 Å². The first-order valence-electron chi connectivity index (χ1n) is 8.93. The minimum atomic E-state index is -0.544. The number of hydrogen-bond acceptors (Lipinski definition) is 3. The second-order valence-electron chi connectivity index (χ2n) is 8.52. The van der Waals surface area contributed by atoms with Crippen LogP contribution in [0.4, 0.5) is 0 Å². The van der Waals surface area contributed by atoms with Crippen LogP contribution in [0.15, 0.2) is 30.3 Å². The lowest BCUT2D eigenvalue weighted by Gasteiger charge is -2.46. The molecule has 0 radical (unpaired) electrons. The molecule has 2 rings (SSSR count). The van der Waals surface area contributed by atoms with Crippen molar-refractivity contribution in [3.63, 3.8) is 0 Å². The van der Waals surface area contributed by atoms with E-state index in [9.17, 15) is 9.90 Å². The Morgan fingerprint density at radius 3 is 2.38 bits per heavy atom. The fourth-order valence-electron chi connectivity index (χ4n) is 4.20. The SMILES string of the molecule is CC1(C)CC(CC(=O)NC[C@H](O)Cc2ccccc2)CC(C)(C)N1. The number of piperidine rings is 1. The zero-order valence-electron chi connectivity index (χ0n) is 15.4. The van der Waals surface area contributed by atoms with Gasteiger partial charge in [0, 0.05) is 30.5 Å². The Morgan fingerprint density at radius 2 is 1.79 bits per heavy atom. The van der Waals surface area contributed by atoms with Gasteiger partial charge in [0.2, 0.25) is 5.91 Å². The van der Waals surface area contributed by atoms with Gasteiger partial charge in [0.1, 0.15) is 0 Å². The zero-order valence-corrected chi connectivity index (χ0v) is 15.4. The average Bonchev–Trinajstić information content (AvgIpc) is 2.42. The van der Waals surface area contributed by atoms with E-state index in [0.29, 0.717) is 25.3 Å². The maximum absolute atomic E-state index is 12.2. The number of nitrogens with one attached hydrogen (secondary N) is 2. The monoisotopic (exact) mass is 332 g/mol. The van der Waals surface area contributed by atoms with Gasteiger partial charge < -0.3 is 15.7 Å². The van der Waals surface area contributed by atoms with Crippen LogP contribution in [0.3, 0.4) is 0 Å². The van der Waals surface area contributed by atoms with E-state index in [2.05, 4.69) is 38.3 Å². The first-order valence-corrected chi connectivity index (χ1v) is 8.93. The summed E-state index contributed by atoms with van der Waals surface area (Å²) in [5, 5.41) is 16.6. The van der Waals surface area contributed by atoms with Gasteiger partial charge >= 0.3 is 0 Å². The predicted molar refractivity (Wildman–Crippen MR) is 97.8 cm³/mol. The maximum atomic E-state index is 12.2. The van der Waals surface area contributed by atoms with Gasteiger partial charge in [-0.15, -0.1) is 0 Å². The molecule has 1 amide bonds. The van der Waals surface area contributed by atoms with Crippen LogP contribution in [-0.2, 0) is 11.2 Å². The molecule has 0 aromatic heterocycles. The van der Waals surface area contributed by atoms with Crippen molar-refractivity contribution in [3.8, 4) is 0 Å². The number of aliphatic hydroxyl groups excluding tert-OH is 1. The van der Waals surface area contributed by atoms with E-state index in [4.69, 9.17) is 0 Å². The van der Waals surface area contributed by atoms with E-state index in [0.717, 1.165) is 18.4 Å². The molecule has 1 saturated heterocycles. The van der Waals surface area contributed by atoms with E-state index < -0.39 is 6.10 Å². The number of benzene rings is 1. The Bertz CT molecular complexity index is 524. The van der Waals surface area contributed by atoms with Gasteiger partial charge in [-0.25, -0.2) is 0 Å². The number of hydrogen-bond donors (Lipinski definition) is 3. The average molecular weight is 332 g/mol. The molecule has 0 unspecified atom stereocenters. The van der Waals surface area contributed by atoms with Gasteiger partial charge in [-0.1, -0.05) is 30.3 Å². The van der Waals surface area contributed by atoms with Crippen molar-refractivity contribution in [2.75, 3.05) is 6.54 Å². The lowest BCUT2D eigenvalue weighted by molar-refractivity contribution is -0.123. The van der Waals surface area contributed by atoms with Crippen LogP contribution in [0.5, 0.6) is 0 Å². The molecule has 1 aliphatic rings. The lowest BCUT2D eigenvalue weighted by Crippen LogP contribution is -2.58. The zero-order chi connectivity index (χ0) is 17.8. The minimum Gasteiger partial charge on any atom is -0.391 e. The predicted octanol–water partition coefficient (Wildman–Crippen LogP) is 2.65. The van der Waals surface area contributed by atoms with Crippen molar-refractivity contribution >= 4 is 5.91 Å². The second-order valence-corrected chi connectivity index (χ2v) is 8.52. The summed E-state index contributed by atoms with van der Waals surface area (Å²) in [5.41, 5.74) is 1.19. The molecule has 1 aliphatic heterocycles. The van der Waals surface area contributed by atoms with Crippen molar-refractivity contribution in [2.24, 2.45) is 5.92 Å². The fraction of sp³-hybridized carbons (Fsp3) is 0.650. The van der Waals surface area contributed by atoms with Crippen LogP contribution in [-0.4, -0.2) is 34.7 Å². The van der Waals surface area contributed by atoms with Crippen molar-refractivity contribution < 1.29 is 9.90 Å². The van der Waals surface area contributed by atoms with Crippen molar-refractivity contribution in [1.82, 2.24) is 10.6 Å². The molecule has 0 bridgehead atoms. The highest BCUT2D eigenvalue weighted by Gasteiger charge is 2.38. The molecule has 3 N–H and O–H groups in total.